The molecular weight excluding hydrogens is 380 g/mol. The SMILES string of the molecule is CCOC(=O)C[C@@H](C(=O)OCC)[C@@H](NC(=O)c1cccc2cccnc12)C(=O)O. The summed E-state index contributed by atoms with van der Waals surface area (Å²) in [6.45, 7) is 3.20. The normalized spacial score (nSPS) is 12.6. The lowest BCUT2D eigenvalue weighted by Crippen LogP contribution is -2.49. The third kappa shape index (κ3) is 5.50. The van der Waals surface area contributed by atoms with Gasteiger partial charge in [0.05, 0.1) is 36.6 Å². The van der Waals surface area contributed by atoms with Crippen molar-refractivity contribution in [1.82, 2.24) is 10.3 Å². The Bertz CT molecular complexity index is 907. The van der Waals surface area contributed by atoms with Crippen molar-refractivity contribution in [3.8, 4) is 0 Å². The number of aromatic nitrogens is 1. The molecule has 0 aliphatic rings. The first-order valence-corrected chi connectivity index (χ1v) is 9.08. The van der Waals surface area contributed by atoms with E-state index < -0.39 is 42.2 Å². The number of pyridine rings is 1. The van der Waals surface area contributed by atoms with Crippen LogP contribution in [0.4, 0.5) is 0 Å². The number of nitrogens with zero attached hydrogens (tertiary/aromatic N) is 1. The highest BCUT2D eigenvalue weighted by atomic mass is 16.5. The number of amides is 1. The summed E-state index contributed by atoms with van der Waals surface area (Å²) in [5, 5.41) is 12.6. The number of rotatable bonds is 9. The van der Waals surface area contributed by atoms with Gasteiger partial charge >= 0.3 is 17.9 Å². The van der Waals surface area contributed by atoms with Gasteiger partial charge in [-0.05, 0) is 26.0 Å². The summed E-state index contributed by atoms with van der Waals surface area (Å²) in [6, 6.07) is 6.67. The van der Waals surface area contributed by atoms with Gasteiger partial charge < -0.3 is 19.9 Å². The van der Waals surface area contributed by atoms with Gasteiger partial charge in [0.2, 0.25) is 0 Å². The number of carboxylic acids is 1. The Morgan fingerprint density at radius 3 is 2.41 bits per heavy atom. The summed E-state index contributed by atoms with van der Waals surface area (Å²) in [7, 11) is 0. The Morgan fingerprint density at radius 1 is 1.07 bits per heavy atom. The number of carbonyl (C=O) groups excluding carboxylic acids is 3. The van der Waals surface area contributed by atoms with Crippen molar-refractivity contribution < 1.29 is 33.8 Å². The van der Waals surface area contributed by atoms with Crippen LogP contribution in [0.15, 0.2) is 36.5 Å². The van der Waals surface area contributed by atoms with E-state index in [0.29, 0.717) is 10.9 Å². The van der Waals surface area contributed by atoms with Gasteiger partial charge in [0.15, 0.2) is 0 Å². The monoisotopic (exact) mass is 402 g/mol. The van der Waals surface area contributed by atoms with Crippen LogP contribution >= 0.6 is 0 Å². The van der Waals surface area contributed by atoms with Crippen LogP contribution in [0.1, 0.15) is 30.6 Å². The second kappa shape index (κ2) is 10.2. The second-order valence-corrected chi connectivity index (χ2v) is 6.04. The number of benzene rings is 1. The van der Waals surface area contributed by atoms with Gasteiger partial charge in [-0.25, -0.2) is 4.79 Å². The molecule has 154 valence electrons. The molecule has 1 amide bonds. The van der Waals surface area contributed by atoms with Crippen molar-refractivity contribution in [2.45, 2.75) is 26.3 Å². The van der Waals surface area contributed by atoms with Crippen LogP contribution in [-0.2, 0) is 23.9 Å². The lowest BCUT2D eigenvalue weighted by molar-refractivity contribution is -0.159. The number of hydrogen-bond acceptors (Lipinski definition) is 7. The fourth-order valence-corrected chi connectivity index (χ4v) is 2.83. The molecule has 0 saturated carbocycles. The number of carbonyl (C=O) groups is 4. The number of fused-ring (bicyclic) bond motifs is 1. The molecule has 2 aromatic rings. The van der Waals surface area contributed by atoms with Crippen molar-refractivity contribution in [2.24, 2.45) is 5.92 Å². The van der Waals surface area contributed by atoms with Crippen LogP contribution in [0.25, 0.3) is 10.9 Å². The van der Waals surface area contributed by atoms with Gasteiger partial charge in [-0.2, -0.15) is 0 Å². The molecule has 0 aliphatic carbocycles. The molecule has 0 spiro atoms. The van der Waals surface area contributed by atoms with E-state index in [1.807, 2.05) is 0 Å². The van der Waals surface area contributed by atoms with Crippen LogP contribution in [-0.4, -0.2) is 53.2 Å². The van der Waals surface area contributed by atoms with Gasteiger partial charge in [0.1, 0.15) is 6.04 Å². The van der Waals surface area contributed by atoms with Crippen molar-refractivity contribution in [3.05, 3.63) is 42.1 Å². The number of esters is 2. The molecule has 0 aliphatic heterocycles. The van der Waals surface area contributed by atoms with Gasteiger partial charge in [0, 0.05) is 11.6 Å². The molecule has 2 rings (SSSR count). The fraction of sp³-hybridized carbons (Fsp3) is 0.350. The topological polar surface area (TPSA) is 132 Å². The number of carboxylic acid groups (broad SMARTS) is 1. The highest BCUT2D eigenvalue weighted by Gasteiger charge is 2.38. The van der Waals surface area contributed by atoms with Crippen molar-refractivity contribution in [2.75, 3.05) is 13.2 Å². The number of para-hydroxylation sites is 1. The lowest BCUT2D eigenvalue weighted by atomic mass is 9.95. The molecule has 0 saturated heterocycles. The molecule has 0 fully saturated rings. The van der Waals surface area contributed by atoms with Crippen molar-refractivity contribution in [3.63, 3.8) is 0 Å². The minimum atomic E-state index is -1.69. The molecule has 0 unspecified atom stereocenters. The largest absolute Gasteiger partial charge is 0.480 e. The molecule has 0 radical (unpaired) electrons. The number of aliphatic carboxylic acids is 1. The van der Waals surface area contributed by atoms with Crippen molar-refractivity contribution >= 4 is 34.7 Å². The van der Waals surface area contributed by atoms with Gasteiger partial charge in [0.25, 0.3) is 5.91 Å². The summed E-state index contributed by atoms with van der Waals surface area (Å²) in [5.41, 5.74) is 0.530. The van der Waals surface area contributed by atoms with E-state index in [1.165, 1.54) is 12.3 Å². The van der Waals surface area contributed by atoms with Gasteiger partial charge in [-0.1, -0.05) is 18.2 Å². The summed E-state index contributed by atoms with van der Waals surface area (Å²) in [5.74, 6) is -5.34. The predicted molar refractivity (Wildman–Crippen MR) is 102 cm³/mol. The predicted octanol–water partition coefficient (Wildman–Crippen LogP) is 1.55. The van der Waals surface area contributed by atoms with E-state index in [9.17, 15) is 24.3 Å². The molecule has 1 heterocycles. The minimum Gasteiger partial charge on any atom is -0.480 e. The summed E-state index contributed by atoms with van der Waals surface area (Å²) >= 11 is 0. The van der Waals surface area contributed by atoms with Gasteiger partial charge in [-0.3, -0.25) is 19.4 Å². The van der Waals surface area contributed by atoms with Gasteiger partial charge in [-0.15, -0.1) is 0 Å². The van der Waals surface area contributed by atoms with Crippen LogP contribution < -0.4 is 5.32 Å². The Kier molecular flexibility index (Phi) is 7.64. The third-order valence-electron chi connectivity index (χ3n) is 4.11. The number of ether oxygens (including phenoxy) is 2. The van der Waals surface area contributed by atoms with E-state index in [-0.39, 0.29) is 18.8 Å². The molecule has 9 heteroatoms. The van der Waals surface area contributed by atoms with Crippen LogP contribution in [0, 0.1) is 5.92 Å². The minimum absolute atomic E-state index is 0.00825. The van der Waals surface area contributed by atoms with E-state index in [4.69, 9.17) is 9.47 Å². The van der Waals surface area contributed by atoms with Crippen LogP contribution in [0.3, 0.4) is 0 Å². The number of nitrogens with one attached hydrogen (secondary N) is 1. The highest BCUT2D eigenvalue weighted by Crippen LogP contribution is 2.18. The summed E-state index contributed by atoms with van der Waals surface area (Å²) < 4.78 is 9.71. The molecule has 2 atom stereocenters. The lowest BCUT2D eigenvalue weighted by Gasteiger charge is -2.23. The molecule has 2 N–H and O–H groups in total. The standard InChI is InChI=1S/C20H22N2O7/c1-3-28-15(23)11-14(20(27)29-4-2)17(19(25)26)22-18(24)13-9-5-7-12-8-6-10-21-16(12)13/h5-10,14,17H,3-4,11H2,1-2H3,(H,22,24)(H,25,26)/t14-,17-/m1/s1. The zero-order valence-corrected chi connectivity index (χ0v) is 16.1. The molecule has 9 nitrogen and oxygen atoms in total. The first-order chi connectivity index (χ1) is 13.9. The van der Waals surface area contributed by atoms with E-state index in [0.717, 1.165) is 0 Å². The van der Waals surface area contributed by atoms with E-state index in [1.54, 1.807) is 38.1 Å². The quantitative estimate of drug-likeness (QED) is 0.604. The average Bonchev–Trinajstić information content (AvgIpc) is 2.70. The fourth-order valence-electron chi connectivity index (χ4n) is 2.83. The summed E-state index contributed by atoms with van der Waals surface area (Å²) in [6.07, 6.45) is 0.966. The highest BCUT2D eigenvalue weighted by molar-refractivity contribution is 6.06. The third-order valence-corrected chi connectivity index (χ3v) is 4.11. The average molecular weight is 402 g/mol. The first-order valence-electron chi connectivity index (χ1n) is 9.08. The first kappa shape index (κ1) is 21.8. The van der Waals surface area contributed by atoms with Crippen LogP contribution in [0.5, 0.6) is 0 Å². The second-order valence-electron chi connectivity index (χ2n) is 6.04. The summed E-state index contributed by atoms with van der Waals surface area (Å²) in [4.78, 5) is 53.0. The van der Waals surface area contributed by atoms with E-state index in [2.05, 4.69) is 10.3 Å². The molecule has 1 aromatic carbocycles. The Morgan fingerprint density at radius 2 is 1.76 bits per heavy atom. The zero-order chi connectivity index (χ0) is 21.4. The van der Waals surface area contributed by atoms with E-state index >= 15 is 0 Å². The zero-order valence-electron chi connectivity index (χ0n) is 16.1. The maximum Gasteiger partial charge on any atom is 0.327 e. The Labute approximate surface area is 167 Å². The van der Waals surface area contributed by atoms with Crippen LogP contribution in [0.2, 0.25) is 0 Å². The van der Waals surface area contributed by atoms with Crippen molar-refractivity contribution in [1.29, 1.82) is 0 Å². The molecular formula is C20H22N2O7. The maximum atomic E-state index is 12.8. The molecule has 0 bridgehead atoms. The Hall–Kier alpha value is -3.49. The maximum absolute atomic E-state index is 12.8. The number of hydrogen-bond donors (Lipinski definition) is 2. The molecule has 29 heavy (non-hydrogen) atoms. The molecule has 1 aromatic heterocycles. The Balaban J connectivity index is 2.33. The smallest absolute Gasteiger partial charge is 0.327 e.